The quantitative estimate of drug-likeness (QED) is 0.812. The van der Waals surface area contributed by atoms with Crippen LogP contribution in [0.5, 0.6) is 0 Å². The Morgan fingerprint density at radius 1 is 1.33 bits per heavy atom. The minimum absolute atomic E-state index is 0.0181. The number of nitrogens with zero attached hydrogens (tertiary/aromatic N) is 2. The van der Waals surface area contributed by atoms with E-state index in [0.717, 1.165) is 12.2 Å². The number of rotatable bonds is 8. The molecule has 0 aromatic carbocycles. The highest BCUT2D eigenvalue weighted by atomic mass is 16.1. The average Bonchev–Trinajstić information content (AvgIpc) is 2.51. The van der Waals surface area contributed by atoms with Crippen LogP contribution < -0.4 is 10.9 Å². The van der Waals surface area contributed by atoms with Crippen LogP contribution in [0.1, 0.15) is 45.2 Å². The standard InChI is InChI=1S/C17H25N3O/c1-3-5-8-14(4-2)12-18-13-15-11-17(21)20-10-7-6-9-16(20)19-15/h6-7,9-11,14,18H,3-5,8,12-13H2,1-2H3. The molecule has 0 fully saturated rings. The monoisotopic (exact) mass is 287 g/mol. The lowest BCUT2D eigenvalue weighted by atomic mass is 9.99. The lowest BCUT2D eigenvalue weighted by Crippen LogP contribution is -2.24. The highest BCUT2D eigenvalue weighted by molar-refractivity contribution is 5.37. The van der Waals surface area contributed by atoms with Crippen LogP contribution in [0.15, 0.2) is 35.3 Å². The van der Waals surface area contributed by atoms with Gasteiger partial charge in [0.25, 0.3) is 5.56 Å². The zero-order chi connectivity index (χ0) is 15.1. The van der Waals surface area contributed by atoms with Crippen molar-refractivity contribution in [3.8, 4) is 0 Å². The Balaban J connectivity index is 1.96. The molecule has 0 bridgehead atoms. The lowest BCUT2D eigenvalue weighted by Gasteiger charge is -2.15. The van der Waals surface area contributed by atoms with Gasteiger partial charge in [-0.3, -0.25) is 9.20 Å². The van der Waals surface area contributed by atoms with E-state index in [-0.39, 0.29) is 5.56 Å². The Kier molecular flexibility index (Phi) is 5.93. The molecular formula is C17H25N3O. The third-order valence-electron chi connectivity index (χ3n) is 3.91. The van der Waals surface area contributed by atoms with E-state index in [4.69, 9.17) is 0 Å². The number of pyridine rings is 1. The molecule has 2 heterocycles. The normalized spacial score (nSPS) is 12.7. The smallest absolute Gasteiger partial charge is 0.258 e. The first-order valence-corrected chi connectivity index (χ1v) is 7.92. The van der Waals surface area contributed by atoms with E-state index in [0.29, 0.717) is 18.1 Å². The summed E-state index contributed by atoms with van der Waals surface area (Å²) < 4.78 is 1.57. The first-order chi connectivity index (χ1) is 10.2. The summed E-state index contributed by atoms with van der Waals surface area (Å²) in [5.41, 5.74) is 1.51. The average molecular weight is 287 g/mol. The third-order valence-corrected chi connectivity index (χ3v) is 3.91. The fourth-order valence-electron chi connectivity index (χ4n) is 2.54. The van der Waals surface area contributed by atoms with Crippen molar-refractivity contribution in [2.45, 2.75) is 46.1 Å². The summed E-state index contributed by atoms with van der Waals surface area (Å²) in [7, 11) is 0. The number of nitrogens with one attached hydrogen (secondary N) is 1. The first-order valence-electron chi connectivity index (χ1n) is 7.92. The Labute approximate surface area is 126 Å². The molecule has 4 nitrogen and oxygen atoms in total. The predicted octanol–water partition coefficient (Wildman–Crippen LogP) is 3.00. The summed E-state index contributed by atoms with van der Waals surface area (Å²) in [6.45, 7) is 6.12. The van der Waals surface area contributed by atoms with Gasteiger partial charge >= 0.3 is 0 Å². The molecular weight excluding hydrogens is 262 g/mol. The van der Waals surface area contributed by atoms with Crippen LogP contribution in [0.25, 0.3) is 5.65 Å². The second-order valence-corrected chi connectivity index (χ2v) is 5.56. The number of hydrogen-bond acceptors (Lipinski definition) is 3. The molecule has 2 aromatic rings. The van der Waals surface area contributed by atoms with Gasteiger partial charge in [0.2, 0.25) is 0 Å². The molecule has 1 atom stereocenters. The molecule has 0 saturated heterocycles. The summed E-state index contributed by atoms with van der Waals surface area (Å²) in [5.74, 6) is 0.714. The first kappa shape index (κ1) is 15.7. The second kappa shape index (κ2) is 7.93. The molecule has 0 aliphatic heterocycles. The maximum Gasteiger partial charge on any atom is 0.258 e. The number of hydrogen-bond donors (Lipinski definition) is 1. The zero-order valence-electron chi connectivity index (χ0n) is 13.0. The van der Waals surface area contributed by atoms with Crippen molar-refractivity contribution in [2.75, 3.05) is 6.54 Å². The van der Waals surface area contributed by atoms with E-state index in [1.807, 2.05) is 18.2 Å². The molecule has 1 N–H and O–H groups in total. The largest absolute Gasteiger partial charge is 0.311 e. The van der Waals surface area contributed by atoms with Crippen molar-refractivity contribution in [1.82, 2.24) is 14.7 Å². The Morgan fingerprint density at radius 2 is 2.19 bits per heavy atom. The molecule has 0 spiro atoms. The van der Waals surface area contributed by atoms with E-state index in [2.05, 4.69) is 24.1 Å². The van der Waals surface area contributed by atoms with Crippen LogP contribution in [-0.4, -0.2) is 15.9 Å². The maximum absolute atomic E-state index is 12.0. The molecule has 0 radical (unpaired) electrons. The molecule has 1 unspecified atom stereocenters. The van der Waals surface area contributed by atoms with Gasteiger partial charge in [0.05, 0.1) is 5.69 Å². The topological polar surface area (TPSA) is 46.4 Å². The number of fused-ring (bicyclic) bond motifs is 1. The van der Waals surface area contributed by atoms with Gasteiger partial charge in [0.1, 0.15) is 5.65 Å². The van der Waals surface area contributed by atoms with Crippen molar-refractivity contribution in [2.24, 2.45) is 5.92 Å². The molecule has 0 aliphatic carbocycles. The van der Waals surface area contributed by atoms with Crippen LogP contribution in [0.2, 0.25) is 0 Å². The van der Waals surface area contributed by atoms with E-state index in [1.54, 1.807) is 16.7 Å². The summed E-state index contributed by atoms with van der Waals surface area (Å²) in [4.78, 5) is 16.5. The van der Waals surface area contributed by atoms with Gasteiger partial charge in [-0.15, -0.1) is 0 Å². The molecule has 2 rings (SSSR count). The Hall–Kier alpha value is -1.68. The fourth-order valence-corrected chi connectivity index (χ4v) is 2.54. The van der Waals surface area contributed by atoms with Crippen molar-refractivity contribution in [1.29, 1.82) is 0 Å². The molecule has 114 valence electrons. The lowest BCUT2D eigenvalue weighted by molar-refractivity contribution is 0.418. The Bertz CT molecular complexity index is 621. The molecule has 4 heteroatoms. The van der Waals surface area contributed by atoms with E-state index in [9.17, 15) is 4.79 Å². The molecule has 2 aromatic heterocycles. The van der Waals surface area contributed by atoms with Crippen molar-refractivity contribution < 1.29 is 0 Å². The number of unbranched alkanes of at least 4 members (excludes halogenated alkanes) is 1. The van der Waals surface area contributed by atoms with Crippen LogP contribution in [0, 0.1) is 5.92 Å². The summed E-state index contributed by atoms with van der Waals surface area (Å²) in [6, 6.07) is 7.22. The van der Waals surface area contributed by atoms with Gasteiger partial charge in [0, 0.05) is 18.8 Å². The zero-order valence-corrected chi connectivity index (χ0v) is 13.0. The van der Waals surface area contributed by atoms with Crippen LogP contribution >= 0.6 is 0 Å². The van der Waals surface area contributed by atoms with E-state index >= 15 is 0 Å². The van der Waals surface area contributed by atoms with Crippen molar-refractivity contribution >= 4 is 5.65 Å². The highest BCUT2D eigenvalue weighted by Gasteiger charge is 2.06. The highest BCUT2D eigenvalue weighted by Crippen LogP contribution is 2.11. The minimum atomic E-state index is -0.0181. The second-order valence-electron chi connectivity index (χ2n) is 5.56. The SMILES string of the molecule is CCCCC(CC)CNCc1cc(=O)n2ccccc2n1. The fraction of sp³-hybridized carbons (Fsp3) is 0.529. The predicted molar refractivity (Wildman–Crippen MR) is 86.5 cm³/mol. The summed E-state index contributed by atoms with van der Waals surface area (Å²) >= 11 is 0. The Morgan fingerprint density at radius 3 is 2.95 bits per heavy atom. The third kappa shape index (κ3) is 4.39. The van der Waals surface area contributed by atoms with Gasteiger partial charge < -0.3 is 5.32 Å². The number of aromatic nitrogens is 2. The van der Waals surface area contributed by atoms with Crippen molar-refractivity contribution in [3.05, 3.63) is 46.5 Å². The van der Waals surface area contributed by atoms with Crippen LogP contribution in [0.4, 0.5) is 0 Å². The minimum Gasteiger partial charge on any atom is -0.311 e. The molecule has 0 saturated carbocycles. The molecule has 0 amide bonds. The van der Waals surface area contributed by atoms with Gasteiger partial charge in [-0.25, -0.2) is 4.98 Å². The molecule has 0 aliphatic rings. The maximum atomic E-state index is 12.0. The van der Waals surface area contributed by atoms with Crippen LogP contribution in [-0.2, 0) is 6.54 Å². The van der Waals surface area contributed by atoms with Crippen LogP contribution in [0.3, 0.4) is 0 Å². The van der Waals surface area contributed by atoms with Gasteiger partial charge in [-0.2, -0.15) is 0 Å². The van der Waals surface area contributed by atoms with Gasteiger partial charge in [-0.05, 0) is 31.0 Å². The summed E-state index contributed by atoms with van der Waals surface area (Å²) in [6.07, 6.45) is 6.75. The van der Waals surface area contributed by atoms with Gasteiger partial charge in [-0.1, -0.05) is 39.2 Å². The van der Waals surface area contributed by atoms with Crippen molar-refractivity contribution in [3.63, 3.8) is 0 Å². The van der Waals surface area contributed by atoms with Gasteiger partial charge in [0.15, 0.2) is 0 Å². The van der Waals surface area contributed by atoms with E-state index < -0.39 is 0 Å². The van der Waals surface area contributed by atoms with E-state index in [1.165, 1.54) is 25.7 Å². The molecule has 21 heavy (non-hydrogen) atoms. The summed E-state index contributed by atoms with van der Waals surface area (Å²) in [5, 5.41) is 3.44.